The quantitative estimate of drug-likeness (QED) is 0.447. The van der Waals surface area contributed by atoms with E-state index in [9.17, 15) is 8.78 Å². The zero-order valence-electron chi connectivity index (χ0n) is 16.3. The van der Waals surface area contributed by atoms with Crippen LogP contribution in [0, 0.1) is 13.8 Å². The van der Waals surface area contributed by atoms with Crippen molar-refractivity contribution in [3.63, 3.8) is 0 Å². The maximum atomic E-state index is 12.8. The Morgan fingerprint density at radius 2 is 1.79 bits per heavy atom. The van der Waals surface area contributed by atoms with Crippen molar-refractivity contribution >= 4 is 11.0 Å². The fraction of sp³-hybridized carbons (Fsp3) is 0.217. The Labute approximate surface area is 167 Å². The van der Waals surface area contributed by atoms with E-state index >= 15 is 0 Å². The number of ether oxygens (including phenoxy) is 1. The molecule has 6 heteroatoms. The Kier molecular flexibility index (Phi) is 5.25. The van der Waals surface area contributed by atoms with Gasteiger partial charge in [0.25, 0.3) is 0 Å². The standard InChI is InChI=1S/C23H21F2N3O/c1-15-11-18(9-10-26-15)12-17-7-8-20-21(13-17)28(16(2)27-20)14-19-5-3-4-6-22(19)29-23(24)25/h3-11,13,23H,12,14H2,1-2H3. The van der Waals surface area contributed by atoms with Crippen molar-refractivity contribution in [3.8, 4) is 5.75 Å². The number of para-hydroxylation sites is 1. The fourth-order valence-corrected chi connectivity index (χ4v) is 3.56. The first-order chi connectivity index (χ1) is 14.0. The average molecular weight is 393 g/mol. The number of nitrogens with zero attached hydrogens (tertiary/aromatic N) is 3. The Bertz CT molecular complexity index is 1150. The molecule has 0 bridgehead atoms. The molecule has 0 radical (unpaired) electrons. The van der Waals surface area contributed by atoms with Crippen LogP contribution in [0.25, 0.3) is 11.0 Å². The van der Waals surface area contributed by atoms with Crippen molar-refractivity contribution in [2.75, 3.05) is 0 Å². The largest absolute Gasteiger partial charge is 0.434 e. The highest BCUT2D eigenvalue weighted by molar-refractivity contribution is 5.77. The number of fused-ring (bicyclic) bond motifs is 1. The topological polar surface area (TPSA) is 39.9 Å². The minimum atomic E-state index is -2.85. The lowest BCUT2D eigenvalue weighted by Crippen LogP contribution is -2.08. The maximum Gasteiger partial charge on any atom is 0.387 e. The minimum absolute atomic E-state index is 0.187. The summed E-state index contributed by atoms with van der Waals surface area (Å²) in [5.74, 6) is 1.01. The van der Waals surface area contributed by atoms with Gasteiger partial charge in [0.2, 0.25) is 0 Å². The summed E-state index contributed by atoms with van der Waals surface area (Å²) < 4.78 is 32.2. The van der Waals surface area contributed by atoms with Gasteiger partial charge in [-0.3, -0.25) is 4.98 Å². The van der Waals surface area contributed by atoms with E-state index in [0.29, 0.717) is 12.1 Å². The van der Waals surface area contributed by atoms with Crippen molar-refractivity contribution in [1.29, 1.82) is 0 Å². The van der Waals surface area contributed by atoms with Gasteiger partial charge in [0.05, 0.1) is 17.6 Å². The van der Waals surface area contributed by atoms with Gasteiger partial charge in [-0.15, -0.1) is 0 Å². The molecule has 0 saturated carbocycles. The molecule has 4 aromatic rings. The number of aromatic nitrogens is 3. The summed E-state index contributed by atoms with van der Waals surface area (Å²) in [6, 6.07) is 17.1. The molecule has 4 rings (SSSR count). The average Bonchev–Trinajstić information content (AvgIpc) is 2.98. The van der Waals surface area contributed by atoms with Crippen LogP contribution in [0.4, 0.5) is 8.78 Å². The van der Waals surface area contributed by atoms with E-state index in [0.717, 1.165) is 34.5 Å². The molecule has 0 saturated heterocycles. The first-order valence-electron chi connectivity index (χ1n) is 9.39. The number of imidazole rings is 1. The highest BCUT2D eigenvalue weighted by Gasteiger charge is 2.13. The normalized spacial score (nSPS) is 11.3. The van der Waals surface area contributed by atoms with Gasteiger partial charge in [-0.1, -0.05) is 24.3 Å². The fourth-order valence-electron chi connectivity index (χ4n) is 3.56. The summed E-state index contributed by atoms with van der Waals surface area (Å²) in [4.78, 5) is 8.87. The van der Waals surface area contributed by atoms with E-state index in [-0.39, 0.29) is 5.75 Å². The van der Waals surface area contributed by atoms with Gasteiger partial charge in [0, 0.05) is 17.5 Å². The van der Waals surface area contributed by atoms with Gasteiger partial charge < -0.3 is 9.30 Å². The first kappa shape index (κ1) is 19.1. The summed E-state index contributed by atoms with van der Waals surface area (Å²) in [7, 11) is 0. The predicted molar refractivity (Wildman–Crippen MR) is 108 cm³/mol. The number of pyridine rings is 1. The third-order valence-corrected chi connectivity index (χ3v) is 4.89. The van der Waals surface area contributed by atoms with Crippen molar-refractivity contribution in [2.45, 2.75) is 33.4 Å². The van der Waals surface area contributed by atoms with Gasteiger partial charge in [-0.2, -0.15) is 8.78 Å². The van der Waals surface area contributed by atoms with E-state index in [1.807, 2.05) is 42.8 Å². The summed E-state index contributed by atoms with van der Waals surface area (Å²) in [6.45, 7) is 1.45. The number of hydrogen-bond donors (Lipinski definition) is 0. The molecular weight excluding hydrogens is 372 g/mol. The molecule has 148 valence electrons. The van der Waals surface area contributed by atoms with Gasteiger partial charge in [-0.05, 0) is 61.7 Å². The van der Waals surface area contributed by atoms with Crippen LogP contribution in [0.15, 0.2) is 60.8 Å². The molecule has 0 N–H and O–H groups in total. The van der Waals surface area contributed by atoms with Crippen LogP contribution in [0.3, 0.4) is 0 Å². The van der Waals surface area contributed by atoms with Crippen LogP contribution in [-0.4, -0.2) is 21.1 Å². The minimum Gasteiger partial charge on any atom is -0.434 e. The second-order valence-corrected chi connectivity index (χ2v) is 7.04. The smallest absolute Gasteiger partial charge is 0.387 e. The number of aryl methyl sites for hydroxylation is 2. The van der Waals surface area contributed by atoms with Crippen molar-refractivity contribution in [3.05, 3.63) is 89.0 Å². The van der Waals surface area contributed by atoms with Crippen LogP contribution >= 0.6 is 0 Å². The van der Waals surface area contributed by atoms with Crippen molar-refractivity contribution < 1.29 is 13.5 Å². The molecule has 4 nitrogen and oxygen atoms in total. The van der Waals surface area contributed by atoms with Gasteiger partial charge in [0.15, 0.2) is 0 Å². The molecule has 2 aromatic carbocycles. The molecule has 0 atom stereocenters. The van der Waals surface area contributed by atoms with Crippen LogP contribution in [0.1, 0.15) is 28.2 Å². The number of alkyl halides is 2. The molecule has 2 aromatic heterocycles. The lowest BCUT2D eigenvalue weighted by molar-refractivity contribution is -0.0504. The Balaban J connectivity index is 1.69. The van der Waals surface area contributed by atoms with Gasteiger partial charge in [0.1, 0.15) is 11.6 Å². The molecule has 0 aliphatic heterocycles. The molecular formula is C23H21F2N3O. The lowest BCUT2D eigenvalue weighted by atomic mass is 10.0. The van der Waals surface area contributed by atoms with Crippen molar-refractivity contribution in [1.82, 2.24) is 14.5 Å². The van der Waals surface area contributed by atoms with Gasteiger partial charge >= 0.3 is 6.61 Å². The number of hydrogen-bond acceptors (Lipinski definition) is 3. The Morgan fingerprint density at radius 1 is 1.00 bits per heavy atom. The third kappa shape index (κ3) is 4.26. The zero-order valence-corrected chi connectivity index (χ0v) is 16.3. The maximum absolute atomic E-state index is 12.8. The molecule has 0 aliphatic rings. The zero-order chi connectivity index (χ0) is 20.4. The predicted octanol–water partition coefficient (Wildman–Crippen LogP) is 5.29. The number of halogens is 2. The third-order valence-electron chi connectivity index (χ3n) is 4.89. The lowest BCUT2D eigenvalue weighted by Gasteiger charge is -2.13. The highest BCUT2D eigenvalue weighted by Crippen LogP contribution is 2.25. The number of benzene rings is 2. The molecule has 29 heavy (non-hydrogen) atoms. The summed E-state index contributed by atoms with van der Waals surface area (Å²) in [5.41, 5.74) is 5.86. The summed E-state index contributed by atoms with van der Waals surface area (Å²) in [5, 5.41) is 0. The molecule has 0 fully saturated rings. The Hall–Kier alpha value is -3.28. The summed E-state index contributed by atoms with van der Waals surface area (Å²) in [6.07, 6.45) is 2.60. The van der Waals surface area contributed by atoms with Crippen LogP contribution in [0.5, 0.6) is 5.75 Å². The van der Waals surface area contributed by atoms with Crippen LogP contribution < -0.4 is 4.74 Å². The molecule has 0 unspecified atom stereocenters. The van der Waals surface area contributed by atoms with E-state index in [1.165, 1.54) is 5.56 Å². The molecule has 0 aliphatic carbocycles. The number of rotatable bonds is 6. The van der Waals surface area contributed by atoms with E-state index in [4.69, 9.17) is 0 Å². The second-order valence-electron chi connectivity index (χ2n) is 7.04. The molecule has 2 heterocycles. The van der Waals surface area contributed by atoms with E-state index in [2.05, 4.69) is 32.9 Å². The van der Waals surface area contributed by atoms with Gasteiger partial charge in [-0.25, -0.2) is 4.98 Å². The SMILES string of the molecule is Cc1cc(Cc2ccc3nc(C)n(Cc4ccccc4OC(F)F)c3c2)ccn1. The molecule has 0 spiro atoms. The van der Waals surface area contributed by atoms with E-state index in [1.54, 1.807) is 18.2 Å². The van der Waals surface area contributed by atoms with E-state index < -0.39 is 6.61 Å². The molecule has 0 amide bonds. The second kappa shape index (κ2) is 7.99. The summed E-state index contributed by atoms with van der Waals surface area (Å²) >= 11 is 0. The Morgan fingerprint density at radius 3 is 2.59 bits per heavy atom. The highest BCUT2D eigenvalue weighted by atomic mass is 19.3. The monoisotopic (exact) mass is 393 g/mol. The van der Waals surface area contributed by atoms with Crippen LogP contribution in [0.2, 0.25) is 0 Å². The van der Waals surface area contributed by atoms with Crippen molar-refractivity contribution in [2.24, 2.45) is 0 Å². The van der Waals surface area contributed by atoms with Crippen LogP contribution in [-0.2, 0) is 13.0 Å². The first-order valence-corrected chi connectivity index (χ1v) is 9.39.